The summed E-state index contributed by atoms with van der Waals surface area (Å²) in [5.74, 6) is 6.60. The summed E-state index contributed by atoms with van der Waals surface area (Å²) in [6, 6.07) is 9.56. The van der Waals surface area contributed by atoms with E-state index in [1.807, 2.05) is 6.92 Å². The molecule has 0 aliphatic rings. The van der Waals surface area contributed by atoms with Gasteiger partial charge in [0.2, 0.25) is 10.0 Å². The normalized spacial score (nSPS) is 10.8. The van der Waals surface area contributed by atoms with E-state index in [0.717, 1.165) is 16.4 Å². The van der Waals surface area contributed by atoms with Gasteiger partial charge in [0.05, 0.1) is 28.2 Å². The summed E-state index contributed by atoms with van der Waals surface area (Å²) in [7, 11) is -1.86. The van der Waals surface area contributed by atoms with Crippen LogP contribution in [0.4, 0.5) is 5.69 Å². The number of aryl methyl sites for hydroxylation is 1. The van der Waals surface area contributed by atoms with E-state index in [9.17, 15) is 18.0 Å². The summed E-state index contributed by atoms with van der Waals surface area (Å²) in [4.78, 5) is 26.8. The largest absolute Gasteiger partial charge is 0.494 e. The third kappa shape index (κ3) is 5.36. The van der Waals surface area contributed by atoms with Crippen LogP contribution in [0.2, 0.25) is 0 Å². The van der Waals surface area contributed by atoms with E-state index < -0.39 is 21.3 Å². The number of nitrogens with one attached hydrogen (secondary N) is 2. The number of hydrogen-bond acceptors (Lipinski definition) is 5. The van der Waals surface area contributed by atoms with Gasteiger partial charge in [0, 0.05) is 23.5 Å². The van der Waals surface area contributed by atoms with E-state index >= 15 is 0 Å². The summed E-state index contributed by atoms with van der Waals surface area (Å²) in [5, 5.41) is 0. The molecule has 0 aliphatic heterocycles. The van der Waals surface area contributed by atoms with Gasteiger partial charge in [0.15, 0.2) is 0 Å². The number of aromatic nitrogens is 2. The Morgan fingerprint density at radius 2 is 1.81 bits per heavy atom. The Labute approximate surface area is 192 Å². The molecule has 1 aromatic heterocycles. The first-order valence-corrected chi connectivity index (χ1v) is 11.8. The lowest BCUT2D eigenvalue weighted by Gasteiger charge is -2.10. The second-order valence-electron chi connectivity index (χ2n) is 6.62. The molecule has 0 saturated carbocycles. The minimum Gasteiger partial charge on any atom is -0.494 e. The summed E-state index contributed by atoms with van der Waals surface area (Å²) >= 11 is 2.05. The first-order chi connectivity index (χ1) is 14.6. The standard InChI is InChI=1S/C21H18IN3O5S/c1-13-10-16(24-31(3,28)29)7-6-14(13)4-5-15-11-17(12-18(22)20(15)30-2)25-19(26)8-9-23-21(25)27/h6-12,24H,1-3H3,(H,23,27). The summed E-state index contributed by atoms with van der Waals surface area (Å²) in [5.41, 5.74) is 1.76. The molecule has 0 amide bonds. The van der Waals surface area contributed by atoms with Gasteiger partial charge in [-0.05, 0) is 65.4 Å². The Kier molecular flexibility index (Phi) is 6.56. The average molecular weight is 551 g/mol. The molecule has 3 rings (SSSR count). The number of benzene rings is 2. The van der Waals surface area contributed by atoms with Gasteiger partial charge in [-0.1, -0.05) is 11.8 Å². The molecule has 0 unspecified atom stereocenters. The minimum atomic E-state index is -3.37. The number of ether oxygens (including phenoxy) is 1. The van der Waals surface area contributed by atoms with Crippen molar-refractivity contribution < 1.29 is 13.2 Å². The Morgan fingerprint density at radius 1 is 1.10 bits per heavy atom. The van der Waals surface area contributed by atoms with Gasteiger partial charge in [-0.3, -0.25) is 9.52 Å². The first kappa shape index (κ1) is 22.6. The predicted molar refractivity (Wildman–Crippen MR) is 128 cm³/mol. The first-order valence-electron chi connectivity index (χ1n) is 8.88. The lowest BCUT2D eigenvalue weighted by Crippen LogP contribution is -2.32. The third-order valence-electron chi connectivity index (χ3n) is 4.21. The van der Waals surface area contributed by atoms with Crippen molar-refractivity contribution in [1.29, 1.82) is 0 Å². The number of nitrogens with zero attached hydrogens (tertiary/aromatic N) is 1. The van der Waals surface area contributed by atoms with Gasteiger partial charge in [0.25, 0.3) is 5.56 Å². The number of aromatic amines is 1. The molecule has 0 aliphatic carbocycles. The number of methoxy groups -OCH3 is 1. The Morgan fingerprint density at radius 3 is 2.42 bits per heavy atom. The molecule has 31 heavy (non-hydrogen) atoms. The van der Waals surface area contributed by atoms with Crippen molar-refractivity contribution in [3.63, 3.8) is 0 Å². The molecular formula is C21H18IN3O5S. The molecule has 2 N–H and O–H groups in total. The van der Waals surface area contributed by atoms with Crippen LogP contribution in [0.5, 0.6) is 5.75 Å². The highest BCUT2D eigenvalue weighted by atomic mass is 127. The van der Waals surface area contributed by atoms with E-state index in [-0.39, 0.29) is 0 Å². The third-order valence-corrected chi connectivity index (χ3v) is 5.62. The zero-order valence-electron chi connectivity index (χ0n) is 16.8. The van der Waals surface area contributed by atoms with Crippen LogP contribution in [0.15, 0.2) is 52.2 Å². The number of H-pyrrole nitrogens is 1. The van der Waals surface area contributed by atoms with Crippen LogP contribution >= 0.6 is 22.6 Å². The van der Waals surface area contributed by atoms with Gasteiger partial charge >= 0.3 is 5.69 Å². The summed E-state index contributed by atoms with van der Waals surface area (Å²) in [6.07, 6.45) is 2.38. The molecule has 0 spiro atoms. The van der Waals surface area contributed by atoms with Crippen molar-refractivity contribution in [3.8, 4) is 23.3 Å². The predicted octanol–water partition coefficient (Wildman–Crippen LogP) is 2.22. The van der Waals surface area contributed by atoms with Crippen LogP contribution in [0, 0.1) is 22.3 Å². The van der Waals surface area contributed by atoms with Crippen molar-refractivity contribution >= 4 is 38.3 Å². The average Bonchev–Trinajstić information content (AvgIpc) is 2.66. The van der Waals surface area contributed by atoms with Crippen LogP contribution in [-0.2, 0) is 10.0 Å². The quantitative estimate of drug-likeness (QED) is 0.382. The van der Waals surface area contributed by atoms with Crippen LogP contribution in [0.25, 0.3) is 5.69 Å². The molecule has 8 nitrogen and oxygen atoms in total. The highest BCUT2D eigenvalue weighted by Gasteiger charge is 2.12. The Bertz CT molecular complexity index is 1420. The van der Waals surface area contributed by atoms with E-state index in [1.54, 1.807) is 30.3 Å². The van der Waals surface area contributed by atoms with E-state index in [0.29, 0.717) is 31.8 Å². The monoisotopic (exact) mass is 551 g/mol. The van der Waals surface area contributed by atoms with Crippen LogP contribution in [-0.4, -0.2) is 31.3 Å². The van der Waals surface area contributed by atoms with Gasteiger partial charge in [-0.2, -0.15) is 0 Å². The van der Waals surface area contributed by atoms with Crippen molar-refractivity contribution in [1.82, 2.24) is 9.55 Å². The Balaban J connectivity index is 2.09. The second-order valence-corrected chi connectivity index (χ2v) is 9.53. The van der Waals surface area contributed by atoms with Crippen LogP contribution < -0.4 is 20.7 Å². The second kappa shape index (κ2) is 8.99. The maximum Gasteiger partial charge on any atom is 0.332 e. The molecule has 3 aromatic rings. The zero-order valence-corrected chi connectivity index (χ0v) is 19.8. The minimum absolute atomic E-state index is 0.366. The van der Waals surface area contributed by atoms with Crippen molar-refractivity contribution in [3.05, 3.63) is 83.7 Å². The fourth-order valence-electron chi connectivity index (χ4n) is 2.89. The van der Waals surface area contributed by atoms with Crippen LogP contribution in [0.3, 0.4) is 0 Å². The molecule has 0 fully saturated rings. The molecule has 160 valence electrons. The molecule has 0 saturated heterocycles. The van der Waals surface area contributed by atoms with E-state index in [4.69, 9.17) is 4.74 Å². The smallest absolute Gasteiger partial charge is 0.332 e. The van der Waals surface area contributed by atoms with E-state index in [2.05, 4.69) is 44.1 Å². The highest BCUT2D eigenvalue weighted by molar-refractivity contribution is 14.1. The van der Waals surface area contributed by atoms with Crippen molar-refractivity contribution in [2.45, 2.75) is 6.92 Å². The molecule has 0 radical (unpaired) electrons. The number of rotatable bonds is 4. The van der Waals surface area contributed by atoms with Crippen molar-refractivity contribution in [2.75, 3.05) is 18.1 Å². The van der Waals surface area contributed by atoms with Gasteiger partial charge in [-0.15, -0.1) is 0 Å². The lowest BCUT2D eigenvalue weighted by atomic mass is 10.1. The number of hydrogen-bond donors (Lipinski definition) is 2. The molecule has 0 bridgehead atoms. The maximum absolute atomic E-state index is 12.2. The van der Waals surface area contributed by atoms with E-state index in [1.165, 1.54) is 19.4 Å². The number of halogens is 1. The van der Waals surface area contributed by atoms with Gasteiger partial charge in [-0.25, -0.2) is 17.8 Å². The molecule has 10 heteroatoms. The summed E-state index contributed by atoms with van der Waals surface area (Å²) < 4.78 is 32.4. The molecule has 0 atom stereocenters. The SMILES string of the molecule is COc1c(I)cc(-n2c(=O)cc[nH]c2=O)cc1C#Cc1ccc(NS(C)(=O)=O)cc1C. The van der Waals surface area contributed by atoms with Gasteiger partial charge < -0.3 is 9.72 Å². The fourth-order valence-corrected chi connectivity index (χ4v) is 4.28. The highest BCUT2D eigenvalue weighted by Crippen LogP contribution is 2.28. The fraction of sp³-hybridized carbons (Fsp3) is 0.143. The molecule has 1 heterocycles. The molecule has 2 aromatic carbocycles. The Hall–Kier alpha value is -3.04. The zero-order chi connectivity index (χ0) is 22.8. The summed E-state index contributed by atoms with van der Waals surface area (Å²) in [6.45, 7) is 1.82. The van der Waals surface area contributed by atoms with Crippen LogP contribution in [0.1, 0.15) is 16.7 Å². The topological polar surface area (TPSA) is 110 Å². The maximum atomic E-state index is 12.2. The lowest BCUT2D eigenvalue weighted by molar-refractivity contribution is 0.410. The van der Waals surface area contributed by atoms with Crippen molar-refractivity contribution in [2.24, 2.45) is 0 Å². The molecular weight excluding hydrogens is 533 g/mol. The number of anilines is 1. The number of sulfonamides is 1. The van der Waals surface area contributed by atoms with Gasteiger partial charge in [0.1, 0.15) is 5.75 Å².